The molecule has 0 saturated heterocycles. The van der Waals surface area contributed by atoms with Crippen LogP contribution in [0.3, 0.4) is 0 Å². The molecule has 0 aliphatic heterocycles. The molecule has 0 bridgehead atoms. The zero-order valence-electron chi connectivity index (χ0n) is 25.3. The molecular formula is C35H29FN4O5S2. The number of carbonyl (C=O) groups excluding carboxylic acids is 3. The number of para-hydroxylation sites is 1. The summed E-state index contributed by atoms with van der Waals surface area (Å²) in [6, 6.07) is 26.7. The van der Waals surface area contributed by atoms with E-state index in [9.17, 15) is 18.8 Å². The van der Waals surface area contributed by atoms with Crippen molar-refractivity contribution in [2.45, 2.75) is 4.90 Å². The summed E-state index contributed by atoms with van der Waals surface area (Å²) in [5.74, 6) is -0.557. The number of thioether (sulfide) groups is 1. The van der Waals surface area contributed by atoms with E-state index in [1.807, 2.05) is 0 Å². The largest absolute Gasteiger partial charge is 0.493 e. The Balaban J connectivity index is 1.23. The predicted octanol–water partition coefficient (Wildman–Crippen LogP) is 7.11. The molecule has 0 aliphatic rings. The molecule has 0 unspecified atom stereocenters. The number of hydrogen-bond donors (Lipinski definition) is 3. The van der Waals surface area contributed by atoms with Crippen molar-refractivity contribution in [2.24, 2.45) is 0 Å². The lowest BCUT2D eigenvalue weighted by molar-refractivity contribution is -0.114. The van der Waals surface area contributed by atoms with Crippen LogP contribution >= 0.6 is 23.1 Å². The van der Waals surface area contributed by atoms with Gasteiger partial charge in [0.05, 0.1) is 25.7 Å². The summed E-state index contributed by atoms with van der Waals surface area (Å²) in [7, 11) is 3.00. The standard InChI is InChI=1S/C35H29FN4O5S2/c1-44-30-10-6-9-24(32(30)45-2)19-28(38-33(42)23-7-4-3-5-8-23)34(43)37-26-15-17-27(18-16-26)46-21-31(41)40-35-39-29(20-47-35)22-11-13-25(36)14-12-22/h3-20H,21H2,1-2H3,(H,37,43)(H,38,42)(H,39,40,41)/b28-19-. The van der Waals surface area contributed by atoms with E-state index in [0.29, 0.717) is 39.1 Å². The van der Waals surface area contributed by atoms with Gasteiger partial charge < -0.3 is 25.4 Å². The highest BCUT2D eigenvalue weighted by Crippen LogP contribution is 2.32. The topological polar surface area (TPSA) is 119 Å². The van der Waals surface area contributed by atoms with Gasteiger partial charge in [0, 0.05) is 32.7 Å². The Morgan fingerprint density at radius 2 is 1.62 bits per heavy atom. The number of nitrogens with one attached hydrogen (secondary N) is 3. The number of benzene rings is 4. The van der Waals surface area contributed by atoms with Crippen LogP contribution in [0.5, 0.6) is 11.5 Å². The highest BCUT2D eigenvalue weighted by molar-refractivity contribution is 8.00. The number of ether oxygens (including phenoxy) is 2. The maximum atomic E-state index is 13.5. The molecule has 238 valence electrons. The second kappa shape index (κ2) is 15.7. The van der Waals surface area contributed by atoms with Crippen molar-refractivity contribution in [3.63, 3.8) is 0 Å². The highest BCUT2D eigenvalue weighted by atomic mass is 32.2. The number of hydrogen-bond acceptors (Lipinski definition) is 8. The summed E-state index contributed by atoms with van der Waals surface area (Å²) in [5, 5.41) is 10.6. The van der Waals surface area contributed by atoms with Gasteiger partial charge >= 0.3 is 0 Å². The normalized spacial score (nSPS) is 11.0. The number of methoxy groups -OCH3 is 2. The summed E-state index contributed by atoms with van der Waals surface area (Å²) in [4.78, 5) is 44.3. The minimum Gasteiger partial charge on any atom is -0.493 e. The first-order valence-electron chi connectivity index (χ1n) is 14.2. The third kappa shape index (κ3) is 8.84. The first-order chi connectivity index (χ1) is 22.8. The molecule has 0 radical (unpaired) electrons. The van der Waals surface area contributed by atoms with Crippen molar-refractivity contribution in [3.05, 3.63) is 125 Å². The Kier molecular flexibility index (Phi) is 11.0. The van der Waals surface area contributed by atoms with Crippen LogP contribution in [-0.2, 0) is 9.59 Å². The Bertz CT molecular complexity index is 1900. The molecule has 5 rings (SSSR count). The molecule has 5 aromatic rings. The van der Waals surface area contributed by atoms with Gasteiger partial charge in [-0.2, -0.15) is 0 Å². The number of carbonyl (C=O) groups is 3. The van der Waals surface area contributed by atoms with Crippen molar-refractivity contribution >= 4 is 57.7 Å². The molecule has 3 amide bonds. The number of nitrogens with zero attached hydrogens (tertiary/aromatic N) is 1. The Labute approximate surface area is 278 Å². The van der Waals surface area contributed by atoms with Gasteiger partial charge in [-0.3, -0.25) is 14.4 Å². The maximum Gasteiger partial charge on any atom is 0.272 e. The van der Waals surface area contributed by atoms with Gasteiger partial charge in [0.2, 0.25) is 5.91 Å². The van der Waals surface area contributed by atoms with Crippen LogP contribution in [0.25, 0.3) is 17.3 Å². The summed E-state index contributed by atoms with van der Waals surface area (Å²) in [5.41, 5.74) is 2.79. The third-order valence-corrected chi connectivity index (χ3v) is 8.40. The van der Waals surface area contributed by atoms with Crippen LogP contribution in [0.4, 0.5) is 15.2 Å². The third-order valence-electron chi connectivity index (χ3n) is 6.63. The van der Waals surface area contributed by atoms with Crippen molar-refractivity contribution < 1.29 is 28.2 Å². The van der Waals surface area contributed by atoms with E-state index in [1.54, 1.807) is 90.3 Å². The molecule has 0 fully saturated rings. The van der Waals surface area contributed by atoms with E-state index in [1.165, 1.54) is 55.5 Å². The molecular weight excluding hydrogens is 640 g/mol. The summed E-state index contributed by atoms with van der Waals surface area (Å²) < 4.78 is 24.1. The number of rotatable bonds is 12. The lowest BCUT2D eigenvalue weighted by Gasteiger charge is -2.14. The monoisotopic (exact) mass is 668 g/mol. The summed E-state index contributed by atoms with van der Waals surface area (Å²) >= 11 is 2.60. The van der Waals surface area contributed by atoms with E-state index in [4.69, 9.17) is 9.47 Å². The molecule has 4 aromatic carbocycles. The minimum absolute atomic E-state index is 0.00898. The van der Waals surface area contributed by atoms with Gasteiger partial charge in [-0.1, -0.05) is 30.3 Å². The minimum atomic E-state index is -0.553. The number of thiazole rings is 1. The SMILES string of the molecule is COc1cccc(/C=C(\NC(=O)c2ccccc2)C(=O)Nc2ccc(SCC(=O)Nc3nc(-c4ccc(F)cc4)cs3)cc2)c1OC. The predicted molar refractivity (Wildman–Crippen MR) is 183 cm³/mol. The molecule has 47 heavy (non-hydrogen) atoms. The van der Waals surface area contributed by atoms with Crippen LogP contribution in [-0.4, -0.2) is 42.7 Å². The average Bonchev–Trinajstić information content (AvgIpc) is 3.56. The van der Waals surface area contributed by atoms with Crippen LogP contribution in [0.2, 0.25) is 0 Å². The van der Waals surface area contributed by atoms with Crippen LogP contribution in [0, 0.1) is 5.82 Å². The lowest BCUT2D eigenvalue weighted by Crippen LogP contribution is -2.30. The molecule has 0 atom stereocenters. The van der Waals surface area contributed by atoms with Crippen LogP contribution < -0.4 is 25.4 Å². The summed E-state index contributed by atoms with van der Waals surface area (Å²) in [6.45, 7) is 0. The quantitative estimate of drug-likeness (QED) is 0.0958. The number of amides is 3. The fourth-order valence-electron chi connectivity index (χ4n) is 4.35. The van der Waals surface area contributed by atoms with E-state index in [-0.39, 0.29) is 23.2 Å². The van der Waals surface area contributed by atoms with Crippen molar-refractivity contribution in [2.75, 3.05) is 30.6 Å². The number of aromatic nitrogens is 1. The van der Waals surface area contributed by atoms with E-state index in [0.717, 1.165) is 10.5 Å². The van der Waals surface area contributed by atoms with E-state index >= 15 is 0 Å². The van der Waals surface area contributed by atoms with Crippen LogP contribution in [0.1, 0.15) is 15.9 Å². The Morgan fingerprint density at radius 3 is 2.32 bits per heavy atom. The molecule has 0 saturated carbocycles. The molecule has 0 aliphatic carbocycles. The zero-order chi connectivity index (χ0) is 33.2. The van der Waals surface area contributed by atoms with Crippen molar-refractivity contribution in [3.8, 4) is 22.8 Å². The first-order valence-corrected chi connectivity index (χ1v) is 16.0. The lowest BCUT2D eigenvalue weighted by atomic mass is 10.1. The van der Waals surface area contributed by atoms with Crippen molar-refractivity contribution in [1.82, 2.24) is 10.3 Å². The van der Waals surface area contributed by atoms with E-state index in [2.05, 4.69) is 20.9 Å². The smallest absolute Gasteiger partial charge is 0.272 e. The van der Waals surface area contributed by atoms with Gasteiger partial charge in [-0.05, 0) is 72.8 Å². The van der Waals surface area contributed by atoms with Gasteiger partial charge in [0.1, 0.15) is 11.5 Å². The molecule has 9 nitrogen and oxygen atoms in total. The molecule has 1 aromatic heterocycles. The highest BCUT2D eigenvalue weighted by Gasteiger charge is 2.18. The van der Waals surface area contributed by atoms with Crippen molar-refractivity contribution in [1.29, 1.82) is 0 Å². The molecule has 3 N–H and O–H groups in total. The molecule has 0 spiro atoms. The number of anilines is 2. The second-order valence-corrected chi connectivity index (χ2v) is 11.7. The maximum absolute atomic E-state index is 13.5. The van der Waals surface area contributed by atoms with Crippen LogP contribution in [0.15, 0.2) is 113 Å². The second-order valence-electron chi connectivity index (χ2n) is 9.82. The summed E-state index contributed by atoms with van der Waals surface area (Å²) in [6.07, 6.45) is 1.52. The fraction of sp³-hybridized carbons (Fsp3) is 0.0857. The van der Waals surface area contributed by atoms with E-state index < -0.39 is 11.8 Å². The zero-order valence-corrected chi connectivity index (χ0v) is 26.9. The average molecular weight is 669 g/mol. The first kappa shape index (κ1) is 32.9. The molecule has 12 heteroatoms. The van der Waals surface area contributed by atoms with Gasteiger partial charge in [0.25, 0.3) is 11.8 Å². The number of halogens is 1. The van der Waals surface area contributed by atoms with Gasteiger partial charge in [0.15, 0.2) is 16.6 Å². The van der Waals surface area contributed by atoms with Gasteiger partial charge in [-0.25, -0.2) is 9.37 Å². The Hall–Kier alpha value is -5.46. The van der Waals surface area contributed by atoms with Gasteiger partial charge in [-0.15, -0.1) is 23.1 Å². The Morgan fingerprint density at radius 1 is 0.872 bits per heavy atom. The molecule has 1 heterocycles. The fourth-order valence-corrected chi connectivity index (χ4v) is 5.78.